The topological polar surface area (TPSA) is 51.2 Å². The normalized spacial score (nSPS) is 10.5. The van der Waals surface area contributed by atoms with Crippen LogP contribution in [-0.4, -0.2) is 10.9 Å². The van der Waals surface area contributed by atoms with Crippen molar-refractivity contribution < 1.29 is 9.53 Å². The van der Waals surface area contributed by atoms with Crippen molar-refractivity contribution >= 4 is 34.0 Å². The van der Waals surface area contributed by atoms with Gasteiger partial charge in [-0.15, -0.1) is 11.3 Å². The minimum atomic E-state index is -0.211. The van der Waals surface area contributed by atoms with Gasteiger partial charge in [-0.05, 0) is 42.0 Å². The van der Waals surface area contributed by atoms with Crippen LogP contribution < -0.4 is 10.1 Å². The minimum absolute atomic E-state index is 0.211. The molecule has 4 aromatic rings. The Labute approximate surface area is 177 Å². The van der Waals surface area contributed by atoms with Crippen LogP contribution in [0.2, 0.25) is 5.02 Å². The van der Waals surface area contributed by atoms with Crippen LogP contribution in [0.15, 0.2) is 84.2 Å². The molecule has 1 amide bonds. The first-order chi connectivity index (χ1) is 14.2. The number of nitrogens with one attached hydrogen (secondary N) is 1. The monoisotopic (exact) mass is 420 g/mol. The molecule has 0 radical (unpaired) electrons. The van der Waals surface area contributed by atoms with Crippen LogP contribution >= 0.6 is 22.9 Å². The standard InChI is InChI=1S/C23H17ClN2O2S/c24-19-10-6-17(7-11-19)21-15-29-23(25-21)26-22(27)18-8-12-20(13-9-18)28-14-16-4-2-1-3-5-16/h1-13,15H,14H2,(H,25,26,27). The van der Waals surface area contributed by atoms with Crippen molar-refractivity contribution in [3.05, 3.63) is 100 Å². The Kier molecular flexibility index (Phi) is 5.89. The lowest BCUT2D eigenvalue weighted by atomic mass is 10.2. The van der Waals surface area contributed by atoms with Gasteiger partial charge in [-0.1, -0.05) is 54.1 Å². The van der Waals surface area contributed by atoms with E-state index in [4.69, 9.17) is 16.3 Å². The molecule has 0 aliphatic carbocycles. The van der Waals surface area contributed by atoms with E-state index in [1.165, 1.54) is 11.3 Å². The van der Waals surface area contributed by atoms with Crippen LogP contribution in [0.1, 0.15) is 15.9 Å². The van der Waals surface area contributed by atoms with Crippen molar-refractivity contribution in [2.45, 2.75) is 6.61 Å². The van der Waals surface area contributed by atoms with Gasteiger partial charge in [0.2, 0.25) is 0 Å². The maximum absolute atomic E-state index is 12.5. The summed E-state index contributed by atoms with van der Waals surface area (Å²) in [5.74, 6) is 0.501. The first kappa shape index (κ1) is 19.2. The second kappa shape index (κ2) is 8.90. The third-order valence-corrected chi connectivity index (χ3v) is 5.24. The number of rotatable bonds is 6. The number of hydrogen-bond donors (Lipinski definition) is 1. The van der Waals surface area contributed by atoms with E-state index in [9.17, 15) is 4.79 Å². The zero-order valence-corrected chi connectivity index (χ0v) is 16.9. The summed E-state index contributed by atoms with van der Waals surface area (Å²) in [6.45, 7) is 0.485. The van der Waals surface area contributed by atoms with E-state index < -0.39 is 0 Å². The third-order valence-electron chi connectivity index (χ3n) is 4.23. The predicted molar refractivity (Wildman–Crippen MR) is 118 cm³/mol. The van der Waals surface area contributed by atoms with Gasteiger partial charge in [-0.2, -0.15) is 0 Å². The van der Waals surface area contributed by atoms with Gasteiger partial charge in [0.15, 0.2) is 5.13 Å². The first-order valence-corrected chi connectivity index (χ1v) is 10.2. The van der Waals surface area contributed by atoms with Crippen molar-refractivity contribution in [1.29, 1.82) is 0 Å². The number of amides is 1. The molecule has 0 aliphatic rings. The number of ether oxygens (including phenoxy) is 1. The van der Waals surface area contributed by atoms with E-state index in [0.717, 1.165) is 16.8 Å². The zero-order chi connectivity index (χ0) is 20.1. The van der Waals surface area contributed by atoms with Crippen LogP contribution in [-0.2, 0) is 6.61 Å². The highest BCUT2D eigenvalue weighted by molar-refractivity contribution is 7.14. The molecule has 1 aromatic heterocycles. The molecule has 0 aliphatic heterocycles. The van der Waals surface area contributed by atoms with Gasteiger partial charge in [0, 0.05) is 21.5 Å². The Bertz CT molecular complexity index is 1090. The van der Waals surface area contributed by atoms with Crippen molar-refractivity contribution in [2.75, 3.05) is 5.32 Å². The minimum Gasteiger partial charge on any atom is -0.489 e. The van der Waals surface area contributed by atoms with Gasteiger partial charge in [0.25, 0.3) is 5.91 Å². The lowest BCUT2D eigenvalue weighted by Gasteiger charge is -2.07. The number of aromatic nitrogens is 1. The molecule has 0 saturated heterocycles. The van der Waals surface area contributed by atoms with Gasteiger partial charge in [0.05, 0.1) is 5.69 Å². The summed E-state index contributed by atoms with van der Waals surface area (Å²) in [4.78, 5) is 17.0. The van der Waals surface area contributed by atoms with E-state index in [1.54, 1.807) is 24.3 Å². The molecule has 0 saturated carbocycles. The van der Waals surface area contributed by atoms with Crippen LogP contribution in [0, 0.1) is 0 Å². The Balaban J connectivity index is 1.37. The number of anilines is 1. The highest BCUT2D eigenvalue weighted by Gasteiger charge is 2.10. The lowest BCUT2D eigenvalue weighted by molar-refractivity contribution is 0.102. The van der Waals surface area contributed by atoms with Crippen LogP contribution in [0.4, 0.5) is 5.13 Å². The highest BCUT2D eigenvalue weighted by Crippen LogP contribution is 2.26. The van der Waals surface area contributed by atoms with Crippen LogP contribution in [0.25, 0.3) is 11.3 Å². The van der Waals surface area contributed by atoms with E-state index >= 15 is 0 Å². The summed E-state index contributed by atoms with van der Waals surface area (Å²) in [5.41, 5.74) is 3.38. The number of nitrogens with zero attached hydrogens (tertiary/aromatic N) is 1. The summed E-state index contributed by atoms with van der Waals surface area (Å²) in [6, 6.07) is 24.4. The molecule has 0 atom stereocenters. The van der Waals surface area contributed by atoms with E-state index in [1.807, 2.05) is 60.0 Å². The van der Waals surface area contributed by atoms with Gasteiger partial charge < -0.3 is 4.74 Å². The predicted octanol–water partition coefficient (Wildman–Crippen LogP) is 6.29. The molecule has 4 rings (SSSR count). The Hall–Kier alpha value is -3.15. The number of carbonyl (C=O) groups is 1. The lowest BCUT2D eigenvalue weighted by Crippen LogP contribution is -2.11. The van der Waals surface area contributed by atoms with Crippen molar-refractivity contribution in [2.24, 2.45) is 0 Å². The molecule has 3 aromatic carbocycles. The molecule has 0 spiro atoms. The summed E-state index contributed by atoms with van der Waals surface area (Å²) < 4.78 is 5.75. The molecule has 1 N–H and O–H groups in total. The van der Waals surface area contributed by atoms with Gasteiger partial charge in [0.1, 0.15) is 12.4 Å². The summed E-state index contributed by atoms with van der Waals surface area (Å²) in [6.07, 6.45) is 0. The molecular formula is C23H17ClN2O2S. The fourth-order valence-corrected chi connectivity index (χ4v) is 3.54. The van der Waals surface area contributed by atoms with E-state index in [0.29, 0.717) is 28.1 Å². The Morgan fingerprint density at radius 2 is 1.69 bits per heavy atom. The third kappa shape index (κ3) is 5.02. The van der Waals surface area contributed by atoms with Crippen LogP contribution in [0.5, 0.6) is 5.75 Å². The number of hydrogen-bond acceptors (Lipinski definition) is 4. The molecule has 29 heavy (non-hydrogen) atoms. The largest absolute Gasteiger partial charge is 0.489 e. The average Bonchev–Trinajstić information content (AvgIpc) is 3.22. The Morgan fingerprint density at radius 1 is 0.966 bits per heavy atom. The maximum Gasteiger partial charge on any atom is 0.257 e. The highest BCUT2D eigenvalue weighted by atomic mass is 35.5. The molecule has 0 unspecified atom stereocenters. The van der Waals surface area contributed by atoms with Crippen LogP contribution in [0.3, 0.4) is 0 Å². The van der Waals surface area contributed by atoms with Gasteiger partial charge in [-0.3, -0.25) is 10.1 Å². The first-order valence-electron chi connectivity index (χ1n) is 8.97. The fourth-order valence-electron chi connectivity index (χ4n) is 2.70. The molecule has 0 bridgehead atoms. The maximum atomic E-state index is 12.5. The smallest absolute Gasteiger partial charge is 0.257 e. The van der Waals surface area contributed by atoms with E-state index in [2.05, 4.69) is 10.3 Å². The molecule has 1 heterocycles. The second-order valence-corrected chi connectivity index (χ2v) is 7.59. The zero-order valence-electron chi connectivity index (χ0n) is 15.3. The fraction of sp³-hybridized carbons (Fsp3) is 0.0435. The van der Waals surface area contributed by atoms with Crippen molar-refractivity contribution in [3.63, 3.8) is 0 Å². The van der Waals surface area contributed by atoms with Crippen molar-refractivity contribution in [1.82, 2.24) is 4.98 Å². The van der Waals surface area contributed by atoms with Gasteiger partial charge in [-0.25, -0.2) is 4.98 Å². The molecule has 0 fully saturated rings. The SMILES string of the molecule is O=C(Nc1nc(-c2ccc(Cl)cc2)cs1)c1ccc(OCc2ccccc2)cc1. The van der Waals surface area contributed by atoms with E-state index in [-0.39, 0.29) is 5.91 Å². The molecule has 6 heteroatoms. The summed E-state index contributed by atoms with van der Waals surface area (Å²) in [5, 5.41) is 5.96. The quantitative estimate of drug-likeness (QED) is 0.398. The Morgan fingerprint density at radius 3 is 2.41 bits per heavy atom. The number of thiazole rings is 1. The second-order valence-electron chi connectivity index (χ2n) is 6.30. The average molecular weight is 421 g/mol. The van der Waals surface area contributed by atoms with Gasteiger partial charge >= 0.3 is 0 Å². The molecule has 4 nitrogen and oxygen atoms in total. The number of carbonyl (C=O) groups excluding carboxylic acids is 1. The van der Waals surface area contributed by atoms with Crippen molar-refractivity contribution in [3.8, 4) is 17.0 Å². The molecule has 144 valence electrons. The number of halogens is 1. The molecular weight excluding hydrogens is 404 g/mol. The number of benzene rings is 3. The summed E-state index contributed by atoms with van der Waals surface area (Å²) in [7, 11) is 0. The summed E-state index contributed by atoms with van der Waals surface area (Å²) >= 11 is 7.30.